The third-order valence-corrected chi connectivity index (χ3v) is 4.72. The molecule has 23 heavy (non-hydrogen) atoms. The molecule has 2 aromatic carbocycles. The minimum atomic E-state index is -3.80. The van der Waals surface area contributed by atoms with Crippen LogP contribution >= 0.6 is 15.9 Å². The number of halogens is 1. The quantitative estimate of drug-likeness (QED) is 0.433. The lowest BCUT2D eigenvalue weighted by atomic mass is 10.2. The lowest BCUT2D eigenvalue weighted by molar-refractivity contribution is -0.388. The zero-order valence-corrected chi connectivity index (χ0v) is 14.1. The lowest BCUT2D eigenvalue weighted by Gasteiger charge is -2.09. The van der Waals surface area contributed by atoms with E-state index in [1.54, 1.807) is 6.07 Å². The molecule has 120 valence electrons. The number of nitro benzene ring substituents is 1. The van der Waals surface area contributed by atoms with Crippen molar-refractivity contribution >= 4 is 37.7 Å². The number of rotatable bonds is 5. The molecule has 0 saturated heterocycles. The van der Waals surface area contributed by atoms with Gasteiger partial charge in [-0.05, 0) is 30.3 Å². The van der Waals surface area contributed by atoms with Crippen LogP contribution in [0.1, 0.15) is 10.4 Å². The van der Waals surface area contributed by atoms with Crippen molar-refractivity contribution in [1.29, 1.82) is 0 Å². The van der Waals surface area contributed by atoms with Gasteiger partial charge in [-0.2, -0.15) is 0 Å². The number of benzene rings is 2. The van der Waals surface area contributed by atoms with Crippen LogP contribution in [0.3, 0.4) is 0 Å². The minimum absolute atomic E-state index is 0.170. The van der Waals surface area contributed by atoms with Gasteiger partial charge in [0.2, 0.25) is 5.75 Å². The summed E-state index contributed by atoms with van der Waals surface area (Å²) in [5.41, 5.74) is -0.352. The summed E-state index contributed by atoms with van der Waals surface area (Å²) in [4.78, 5) is 20.9. The molecule has 0 unspecified atom stereocenters. The second-order valence-corrected chi connectivity index (χ2v) is 7.37. The van der Waals surface area contributed by atoms with Gasteiger partial charge in [-0.25, -0.2) is 8.42 Å². The third-order valence-electron chi connectivity index (χ3n) is 2.87. The molecule has 0 spiro atoms. The first kappa shape index (κ1) is 17.1. The Labute approximate surface area is 140 Å². The van der Waals surface area contributed by atoms with Crippen LogP contribution < -0.4 is 4.74 Å². The molecule has 0 radical (unpaired) electrons. The third kappa shape index (κ3) is 3.74. The molecule has 9 heteroatoms. The van der Waals surface area contributed by atoms with E-state index in [-0.39, 0.29) is 11.5 Å². The van der Waals surface area contributed by atoms with Gasteiger partial charge >= 0.3 is 5.69 Å². The first-order valence-electron chi connectivity index (χ1n) is 6.14. The SMILES string of the molecule is CS(=O)(=O)c1cccc(Oc2ccc(Br)c(C=O)c2)c1[N+](=O)[O-]. The fourth-order valence-corrected chi connectivity index (χ4v) is 3.06. The molecule has 0 bridgehead atoms. The molecular weight excluding hydrogens is 390 g/mol. The maximum atomic E-state index is 11.7. The monoisotopic (exact) mass is 399 g/mol. The van der Waals surface area contributed by atoms with Gasteiger partial charge in [0.15, 0.2) is 16.1 Å². The molecule has 0 aliphatic carbocycles. The van der Waals surface area contributed by atoms with Crippen molar-refractivity contribution in [2.24, 2.45) is 0 Å². The van der Waals surface area contributed by atoms with Crippen molar-refractivity contribution in [3.63, 3.8) is 0 Å². The van der Waals surface area contributed by atoms with Gasteiger partial charge in [0.25, 0.3) is 0 Å². The van der Waals surface area contributed by atoms with E-state index in [2.05, 4.69) is 15.9 Å². The molecule has 0 aromatic heterocycles. The predicted molar refractivity (Wildman–Crippen MR) is 85.8 cm³/mol. The Morgan fingerprint density at radius 2 is 1.96 bits per heavy atom. The molecule has 0 heterocycles. The van der Waals surface area contributed by atoms with Crippen LogP contribution in [-0.2, 0) is 9.84 Å². The van der Waals surface area contributed by atoms with Crippen LogP contribution in [0.4, 0.5) is 5.69 Å². The molecule has 0 aliphatic heterocycles. The molecule has 2 aromatic rings. The van der Waals surface area contributed by atoms with Crippen molar-refractivity contribution in [2.45, 2.75) is 4.90 Å². The van der Waals surface area contributed by atoms with Gasteiger partial charge < -0.3 is 4.74 Å². The normalized spacial score (nSPS) is 11.0. The van der Waals surface area contributed by atoms with Crippen molar-refractivity contribution in [3.8, 4) is 11.5 Å². The molecule has 0 N–H and O–H groups in total. The maximum Gasteiger partial charge on any atom is 0.330 e. The average molecular weight is 400 g/mol. The molecular formula is C14H10BrNO6S. The van der Waals surface area contributed by atoms with Crippen LogP contribution in [0, 0.1) is 10.1 Å². The zero-order valence-electron chi connectivity index (χ0n) is 11.7. The first-order valence-corrected chi connectivity index (χ1v) is 8.82. The summed E-state index contributed by atoms with van der Waals surface area (Å²) >= 11 is 3.18. The molecule has 0 fully saturated rings. The Morgan fingerprint density at radius 1 is 1.26 bits per heavy atom. The number of sulfone groups is 1. The number of carbonyl (C=O) groups excluding carboxylic acids is 1. The number of nitrogens with zero attached hydrogens (tertiary/aromatic N) is 1. The second-order valence-electron chi connectivity index (χ2n) is 4.54. The van der Waals surface area contributed by atoms with E-state index in [0.29, 0.717) is 16.3 Å². The predicted octanol–water partition coefficient (Wildman–Crippen LogP) is 3.37. The minimum Gasteiger partial charge on any atom is -0.450 e. The van der Waals surface area contributed by atoms with Crippen LogP contribution in [0.2, 0.25) is 0 Å². The number of hydrogen-bond donors (Lipinski definition) is 0. The van der Waals surface area contributed by atoms with Crippen molar-refractivity contribution in [2.75, 3.05) is 6.26 Å². The largest absolute Gasteiger partial charge is 0.450 e. The zero-order chi connectivity index (χ0) is 17.2. The van der Waals surface area contributed by atoms with Crippen LogP contribution in [0.25, 0.3) is 0 Å². The molecule has 0 amide bonds. The smallest absolute Gasteiger partial charge is 0.330 e. The standard InChI is InChI=1S/C14H10BrNO6S/c1-23(20,21)13-4-2-3-12(14(13)16(18)19)22-10-5-6-11(15)9(7-10)8-17/h2-8H,1H3. The fraction of sp³-hybridized carbons (Fsp3) is 0.0714. The Morgan fingerprint density at radius 3 is 2.52 bits per heavy atom. The molecule has 2 rings (SSSR count). The molecule has 0 aliphatic rings. The summed E-state index contributed by atoms with van der Waals surface area (Å²) in [5.74, 6) is -0.0545. The van der Waals surface area contributed by atoms with Gasteiger partial charge in [0.05, 0.1) is 4.92 Å². The summed E-state index contributed by atoms with van der Waals surface area (Å²) in [5, 5.41) is 11.3. The van der Waals surface area contributed by atoms with E-state index < -0.39 is 25.3 Å². The highest BCUT2D eigenvalue weighted by atomic mass is 79.9. The van der Waals surface area contributed by atoms with Crippen molar-refractivity contribution < 1.29 is 22.9 Å². The van der Waals surface area contributed by atoms with Gasteiger partial charge in [0, 0.05) is 16.3 Å². The number of hydrogen-bond acceptors (Lipinski definition) is 6. The Hall–Kier alpha value is -2.26. The first-order chi connectivity index (χ1) is 10.7. The molecule has 0 atom stereocenters. The van der Waals surface area contributed by atoms with E-state index >= 15 is 0 Å². The number of carbonyl (C=O) groups is 1. The summed E-state index contributed by atoms with van der Waals surface area (Å²) < 4.78 is 29.4. The van der Waals surface area contributed by atoms with Gasteiger partial charge in [-0.15, -0.1) is 0 Å². The van der Waals surface area contributed by atoms with E-state index in [0.717, 1.165) is 12.3 Å². The molecule has 7 nitrogen and oxygen atoms in total. The fourth-order valence-electron chi connectivity index (χ4n) is 1.87. The second kappa shape index (κ2) is 6.47. The number of aldehydes is 1. The highest BCUT2D eigenvalue weighted by molar-refractivity contribution is 9.10. The van der Waals surface area contributed by atoms with Crippen molar-refractivity contribution in [3.05, 3.63) is 56.5 Å². The van der Waals surface area contributed by atoms with E-state index in [9.17, 15) is 23.3 Å². The summed E-state index contributed by atoms with van der Waals surface area (Å²) in [6.45, 7) is 0. The topological polar surface area (TPSA) is 104 Å². The Kier molecular flexibility index (Phi) is 4.81. The van der Waals surface area contributed by atoms with E-state index in [4.69, 9.17) is 4.74 Å². The summed E-state index contributed by atoms with van der Waals surface area (Å²) in [7, 11) is -3.80. The highest BCUT2D eigenvalue weighted by Gasteiger charge is 2.27. The summed E-state index contributed by atoms with van der Waals surface area (Å²) in [6.07, 6.45) is 1.47. The molecule has 0 saturated carbocycles. The van der Waals surface area contributed by atoms with Gasteiger partial charge in [-0.3, -0.25) is 14.9 Å². The Balaban J connectivity index is 2.57. The number of para-hydroxylation sites is 1. The lowest BCUT2D eigenvalue weighted by Crippen LogP contribution is -2.04. The average Bonchev–Trinajstić information content (AvgIpc) is 2.47. The highest BCUT2D eigenvalue weighted by Crippen LogP contribution is 2.37. The van der Waals surface area contributed by atoms with Crippen molar-refractivity contribution in [1.82, 2.24) is 0 Å². The van der Waals surface area contributed by atoms with E-state index in [1.165, 1.54) is 24.3 Å². The van der Waals surface area contributed by atoms with Gasteiger partial charge in [-0.1, -0.05) is 22.0 Å². The Bertz CT molecular complexity index is 894. The van der Waals surface area contributed by atoms with Crippen LogP contribution in [0.15, 0.2) is 45.8 Å². The maximum absolute atomic E-state index is 11.7. The van der Waals surface area contributed by atoms with Crippen LogP contribution in [0.5, 0.6) is 11.5 Å². The van der Waals surface area contributed by atoms with Crippen LogP contribution in [-0.4, -0.2) is 25.9 Å². The number of ether oxygens (including phenoxy) is 1. The van der Waals surface area contributed by atoms with E-state index in [1.807, 2.05) is 0 Å². The summed E-state index contributed by atoms with van der Waals surface area (Å²) in [6, 6.07) is 8.19. The van der Waals surface area contributed by atoms with Gasteiger partial charge in [0.1, 0.15) is 10.6 Å². The number of nitro groups is 1.